The van der Waals surface area contributed by atoms with Gasteiger partial charge in [-0.25, -0.2) is 0 Å². The molecule has 0 spiro atoms. The maximum absolute atomic E-state index is 13.0. The number of piperazine rings is 1. The molecule has 1 aromatic rings. The molecule has 0 aliphatic carbocycles. The largest absolute Gasteiger partial charge is 0.340 e. The predicted molar refractivity (Wildman–Crippen MR) is 98.0 cm³/mol. The van der Waals surface area contributed by atoms with Gasteiger partial charge in [0.2, 0.25) is 17.7 Å². The van der Waals surface area contributed by atoms with Crippen molar-refractivity contribution in [3.63, 3.8) is 0 Å². The van der Waals surface area contributed by atoms with Crippen LogP contribution >= 0.6 is 0 Å². The van der Waals surface area contributed by atoms with Gasteiger partial charge in [-0.15, -0.1) is 0 Å². The molecule has 2 saturated heterocycles. The second-order valence-corrected chi connectivity index (χ2v) is 7.57. The molecule has 2 fully saturated rings. The number of hydrogen-bond donors (Lipinski definition) is 0. The first kappa shape index (κ1) is 18.4. The fraction of sp³-hybridized carbons (Fsp3) is 0.550. The number of rotatable bonds is 4. The van der Waals surface area contributed by atoms with Crippen LogP contribution in [0.2, 0.25) is 0 Å². The summed E-state index contributed by atoms with van der Waals surface area (Å²) >= 11 is 0. The van der Waals surface area contributed by atoms with Gasteiger partial charge in [0.25, 0.3) is 0 Å². The summed E-state index contributed by atoms with van der Waals surface area (Å²) in [5.41, 5.74) is 1.00. The molecule has 0 aromatic heterocycles. The van der Waals surface area contributed by atoms with Gasteiger partial charge < -0.3 is 14.7 Å². The Bertz CT molecular complexity index is 674. The van der Waals surface area contributed by atoms with E-state index in [4.69, 9.17) is 0 Å². The Morgan fingerprint density at radius 1 is 1.15 bits per heavy atom. The van der Waals surface area contributed by atoms with Gasteiger partial charge in [0.05, 0.1) is 6.54 Å². The summed E-state index contributed by atoms with van der Waals surface area (Å²) in [6, 6.07) is 9.13. The van der Waals surface area contributed by atoms with Crippen LogP contribution in [-0.2, 0) is 20.9 Å². The second kappa shape index (κ2) is 7.89. The zero-order valence-electron chi connectivity index (χ0n) is 15.6. The number of nitrogens with zero attached hydrogens (tertiary/aromatic N) is 3. The minimum absolute atomic E-state index is 0.0244. The van der Waals surface area contributed by atoms with E-state index in [2.05, 4.69) is 0 Å². The van der Waals surface area contributed by atoms with Crippen molar-refractivity contribution >= 4 is 17.7 Å². The smallest absolute Gasteiger partial charge is 0.247 e. The molecule has 6 heteroatoms. The monoisotopic (exact) mass is 357 g/mol. The molecule has 1 atom stereocenters. The molecule has 3 amide bonds. The summed E-state index contributed by atoms with van der Waals surface area (Å²) in [5, 5.41) is 0. The summed E-state index contributed by atoms with van der Waals surface area (Å²) in [6.07, 6.45) is 1.20. The Morgan fingerprint density at radius 3 is 2.58 bits per heavy atom. The van der Waals surface area contributed by atoms with E-state index in [1.54, 1.807) is 14.7 Å². The highest BCUT2D eigenvalue weighted by molar-refractivity contribution is 5.95. The predicted octanol–water partition coefficient (Wildman–Crippen LogP) is 1.50. The molecular weight excluding hydrogens is 330 g/mol. The fourth-order valence-electron chi connectivity index (χ4n) is 3.68. The van der Waals surface area contributed by atoms with Crippen LogP contribution < -0.4 is 0 Å². The van der Waals surface area contributed by atoms with E-state index in [0.717, 1.165) is 12.0 Å². The number of fused-ring (bicyclic) bond motifs is 1. The summed E-state index contributed by atoms with van der Waals surface area (Å²) in [6.45, 7) is 6.02. The van der Waals surface area contributed by atoms with Crippen LogP contribution in [0.5, 0.6) is 0 Å². The molecule has 1 unspecified atom stereocenters. The number of hydrogen-bond acceptors (Lipinski definition) is 3. The van der Waals surface area contributed by atoms with E-state index in [0.29, 0.717) is 32.6 Å². The zero-order valence-corrected chi connectivity index (χ0v) is 15.6. The topological polar surface area (TPSA) is 60.9 Å². The molecule has 0 N–H and O–H groups in total. The molecule has 26 heavy (non-hydrogen) atoms. The van der Waals surface area contributed by atoms with E-state index in [-0.39, 0.29) is 30.2 Å². The lowest BCUT2D eigenvalue weighted by Crippen LogP contribution is -2.61. The van der Waals surface area contributed by atoms with Crippen LogP contribution in [0.15, 0.2) is 30.3 Å². The van der Waals surface area contributed by atoms with Crippen molar-refractivity contribution in [2.45, 2.75) is 39.3 Å². The summed E-state index contributed by atoms with van der Waals surface area (Å²) in [5.74, 6) is 0.267. The number of carbonyl (C=O) groups excluding carboxylic acids is 3. The lowest BCUT2D eigenvalue weighted by atomic mass is 10.1. The van der Waals surface area contributed by atoms with Crippen LogP contribution in [0.4, 0.5) is 0 Å². The van der Waals surface area contributed by atoms with Crippen LogP contribution in [0.25, 0.3) is 0 Å². The molecule has 2 aliphatic heterocycles. The maximum Gasteiger partial charge on any atom is 0.247 e. The molecule has 0 saturated carbocycles. The highest BCUT2D eigenvalue weighted by Gasteiger charge is 2.41. The van der Waals surface area contributed by atoms with Crippen LogP contribution in [0.3, 0.4) is 0 Å². The molecule has 0 bridgehead atoms. The van der Waals surface area contributed by atoms with E-state index < -0.39 is 6.04 Å². The van der Waals surface area contributed by atoms with E-state index in [9.17, 15) is 14.4 Å². The van der Waals surface area contributed by atoms with Gasteiger partial charge in [0.15, 0.2) is 0 Å². The van der Waals surface area contributed by atoms with Crippen molar-refractivity contribution in [1.29, 1.82) is 0 Å². The average molecular weight is 357 g/mol. The third kappa shape index (κ3) is 4.06. The molecular formula is C20H27N3O3. The molecule has 2 aliphatic rings. The van der Waals surface area contributed by atoms with Crippen molar-refractivity contribution < 1.29 is 14.4 Å². The summed E-state index contributed by atoms with van der Waals surface area (Å²) in [4.78, 5) is 43.2. The third-order valence-electron chi connectivity index (χ3n) is 4.99. The quantitative estimate of drug-likeness (QED) is 0.821. The lowest BCUT2D eigenvalue weighted by molar-refractivity contribution is -0.157. The van der Waals surface area contributed by atoms with Crippen molar-refractivity contribution in [2.24, 2.45) is 5.92 Å². The Balaban J connectivity index is 1.75. The highest BCUT2D eigenvalue weighted by Crippen LogP contribution is 2.21. The Hall–Kier alpha value is -2.37. The minimum atomic E-state index is -0.557. The number of amides is 3. The first-order valence-electron chi connectivity index (χ1n) is 9.35. The standard InChI is InChI=1S/C20H27N3O3/c1-15(2)11-18(24)21-9-6-10-23-17(13-21)20(26)22(14-19(23)25)12-16-7-4-3-5-8-16/h3-5,7-8,15,17H,6,9-14H2,1-2H3. The number of benzene rings is 1. The maximum atomic E-state index is 13.0. The van der Waals surface area contributed by atoms with Crippen molar-refractivity contribution in [2.75, 3.05) is 26.2 Å². The molecule has 6 nitrogen and oxygen atoms in total. The summed E-state index contributed by atoms with van der Waals surface area (Å²) < 4.78 is 0. The van der Waals surface area contributed by atoms with Gasteiger partial charge in [-0.1, -0.05) is 44.2 Å². The molecule has 2 heterocycles. The zero-order chi connectivity index (χ0) is 18.7. The molecule has 3 rings (SSSR count). The van der Waals surface area contributed by atoms with Crippen LogP contribution in [-0.4, -0.2) is 64.6 Å². The van der Waals surface area contributed by atoms with Crippen molar-refractivity contribution in [3.05, 3.63) is 35.9 Å². The third-order valence-corrected chi connectivity index (χ3v) is 4.99. The normalized spacial score (nSPS) is 21.0. The van der Waals surface area contributed by atoms with Gasteiger partial charge in [-0.2, -0.15) is 0 Å². The lowest BCUT2D eigenvalue weighted by Gasteiger charge is -2.40. The van der Waals surface area contributed by atoms with Gasteiger partial charge in [0.1, 0.15) is 12.6 Å². The van der Waals surface area contributed by atoms with Gasteiger partial charge in [0, 0.05) is 26.1 Å². The number of carbonyl (C=O) groups is 3. The van der Waals surface area contributed by atoms with Gasteiger partial charge in [-0.3, -0.25) is 14.4 Å². The van der Waals surface area contributed by atoms with E-state index in [1.165, 1.54) is 0 Å². The van der Waals surface area contributed by atoms with Crippen LogP contribution in [0, 0.1) is 5.92 Å². The summed E-state index contributed by atoms with van der Waals surface area (Å²) in [7, 11) is 0. The Morgan fingerprint density at radius 2 is 1.88 bits per heavy atom. The van der Waals surface area contributed by atoms with Gasteiger partial charge >= 0.3 is 0 Å². The minimum Gasteiger partial charge on any atom is -0.340 e. The van der Waals surface area contributed by atoms with Crippen LogP contribution in [0.1, 0.15) is 32.3 Å². The second-order valence-electron chi connectivity index (χ2n) is 7.57. The van der Waals surface area contributed by atoms with E-state index >= 15 is 0 Å². The Labute approximate surface area is 154 Å². The Kier molecular flexibility index (Phi) is 5.59. The highest BCUT2D eigenvalue weighted by atomic mass is 16.2. The van der Waals surface area contributed by atoms with Gasteiger partial charge in [-0.05, 0) is 17.9 Å². The fourth-order valence-corrected chi connectivity index (χ4v) is 3.68. The first-order valence-corrected chi connectivity index (χ1v) is 9.35. The molecule has 1 aromatic carbocycles. The molecule has 140 valence electrons. The SMILES string of the molecule is CC(C)CC(=O)N1CCCN2C(=O)CN(Cc3ccccc3)C(=O)C2C1. The van der Waals surface area contributed by atoms with Crippen molar-refractivity contribution in [3.8, 4) is 0 Å². The first-order chi connectivity index (χ1) is 12.5. The van der Waals surface area contributed by atoms with E-state index in [1.807, 2.05) is 44.2 Å². The molecule has 0 radical (unpaired) electrons. The average Bonchev–Trinajstić information content (AvgIpc) is 2.83. The van der Waals surface area contributed by atoms with Crippen molar-refractivity contribution in [1.82, 2.24) is 14.7 Å².